The Morgan fingerprint density at radius 3 is 2.79 bits per heavy atom. The molecule has 1 aromatic heterocycles. The van der Waals surface area contributed by atoms with E-state index in [1.54, 1.807) is 6.07 Å². The summed E-state index contributed by atoms with van der Waals surface area (Å²) in [5.41, 5.74) is 1.97. The maximum absolute atomic E-state index is 13.2. The number of hydrogen-bond donors (Lipinski definition) is 3. The van der Waals surface area contributed by atoms with Crippen LogP contribution in [0.4, 0.5) is 5.82 Å². The fourth-order valence-electron chi connectivity index (χ4n) is 4.91. The predicted octanol–water partition coefficient (Wildman–Crippen LogP) is 2.59. The van der Waals surface area contributed by atoms with Gasteiger partial charge in [0, 0.05) is 44.2 Å². The maximum atomic E-state index is 13.2. The molecule has 1 amide bonds. The number of para-hydroxylation sites is 1. The lowest BCUT2D eigenvalue weighted by Gasteiger charge is -2.41. The summed E-state index contributed by atoms with van der Waals surface area (Å²) in [7, 11) is 0. The number of rotatable bonds is 3. The number of aromatic nitrogens is 2. The lowest BCUT2D eigenvalue weighted by atomic mass is 10.0. The summed E-state index contributed by atoms with van der Waals surface area (Å²) in [5, 5.41) is 17.4. The second-order valence-electron chi connectivity index (χ2n) is 9.65. The van der Waals surface area contributed by atoms with Gasteiger partial charge >= 0.3 is 0 Å². The number of amides is 1. The molecule has 8 nitrogen and oxygen atoms in total. The summed E-state index contributed by atoms with van der Waals surface area (Å²) in [6.07, 6.45) is 0. The molecule has 0 saturated carbocycles. The third-order valence-corrected chi connectivity index (χ3v) is 6.75. The van der Waals surface area contributed by atoms with Crippen LogP contribution in [0.3, 0.4) is 0 Å². The van der Waals surface area contributed by atoms with E-state index in [0.29, 0.717) is 13.1 Å². The van der Waals surface area contributed by atoms with Crippen molar-refractivity contribution in [2.45, 2.75) is 39.0 Å². The summed E-state index contributed by atoms with van der Waals surface area (Å²) < 4.78 is 0. The number of nitrogens with one attached hydrogen (secondary N) is 2. The molecule has 8 heteroatoms. The van der Waals surface area contributed by atoms with Crippen molar-refractivity contribution in [2.75, 3.05) is 31.5 Å². The number of benzene rings is 2. The smallest absolute Gasteiger partial charge is 0.242 e. The van der Waals surface area contributed by atoms with Gasteiger partial charge in [-0.2, -0.15) is 0 Å². The number of carbonyl (C=O) groups is 1. The molecule has 3 N–H and O–H groups in total. The number of phenolic OH excluding ortho intramolecular Hbond substituents is 1. The van der Waals surface area contributed by atoms with Gasteiger partial charge in [-0.3, -0.25) is 14.6 Å². The van der Waals surface area contributed by atoms with Gasteiger partial charge in [-0.05, 0) is 35.7 Å². The molecule has 3 aromatic rings. The van der Waals surface area contributed by atoms with Crippen LogP contribution in [0.1, 0.15) is 25.2 Å². The number of nitrogens with zero attached hydrogens (tertiary/aromatic N) is 4. The number of anilines is 1. The Labute approximate surface area is 200 Å². The van der Waals surface area contributed by atoms with E-state index in [4.69, 9.17) is 9.97 Å². The molecule has 1 unspecified atom stereocenters. The zero-order chi connectivity index (χ0) is 23.7. The Morgan fingerprint density at radius 2 is 1.97 bits per heavy atom. The van der Waals surface area contributed by atoms with Gasteiger partial charge in [0.25, 0.3) is 0 Å². The highest BCUT2D eigenvalue weighted by atomic mass is 16.3. The highest BCUT2D eigenvalue weighted by molar-refractivity contribution is 5.92. The summed E-state index contributed by atoms with van der Waals surface area (Å²) in [5.74, 6) is 1.86. The van der Waals surface area contributed by atoms with E-state index in [1.165, 1.54) is 0 Å². The van der Waals surface area contributed by atoms with Gasteiger partial charge in [-0.1, -0.05) is 38.1 Å². The van der Waals surface area contributed by atoms with E-state index in [0.717, 1.165) is 54.3 Å². The monoisotopic (exact) mass is 460 g/mol. The first-order chi connectivity index (χ1) is 16.5. The van der Waals surface area contributed by atoms with E-state index >= 15 is 0 Å². The number of carbonyl (C=O) groups excluding carboxylic acids is 1. The molecular formula is C26H32N6O2. The van der Waals surface area contributed by atoms with Crippen molar-refractivity contribution in [2.24, 2.45) is 5.92 Å². The first-order valence-corrected chi connectivity index (χ1v) is 12.0. The molecule has 2 atom stereocenters. The molecule has 178 valence electrons. The Kier molecular flexibility index (Phi) is 6.34. The third kappa shape index (κ3) is 4.83. The van der Waals surface area contributed by atoms with Crippen molar-refractivity contribution < 1.29 is 9.90 Å². The first kappa shape index (κ1) is 22.6. The average molecular weight is 461 g/mol. The molecule has 5 rings (SSSR count). The van der Waals surface area contributed by atoms with Crippen LogP contribution < -0.4 is 10.6 Å². The molecule has 0 radical (unpaired) electrons. The topological polar surface area (TPSA) is 93.6 Å². The highest BCUT2D eigenvalue weighted by Gasteiger charge is 2.31. The normalized spacial score (nSPS) is 22.0. The van der Waals surface area contributed by atoms with Crippen LogP contribution in [0.2, 0.25) is 0 Å². The van der Waals surface area contributed by atoms with Crippen molar-refractivity contribution in [3.05, 3.63) is 59.9 Å². The first-order valence-electron chi connectivity index (χ1n) is 12.0. The third-order valence-electron chi connectivity index (χ3n) is 6.75. The van der Waals surface area contributed by atoms with Crippen LogP contribution in [0.5, 0.6) is 5.75 Å². The van der Waals surface area contributed by atoms with E-state index in [1.807, 2.05) is 56.3 Å². The second-order valence-corrected chi connectivity index (χ2v) is 9.65. The van der Waals surface area contributed by atoms with Crippen molar-refractivity contribution in [3.63, 3.8) is 0 Å². The Morgan fingerprint density at radius 1 is 1.12 bits per heavy atom. The molecule has 1 saturated heterocycles. The SMILES string of the molecule is CC(C)[C@@H]1Nc2nc(nc3ccccc23)CN2CCN(Cc3cccc(O)c3)CC2CNC1=O. The quantitative estimate of drug-likeness (QED) is 0.553. The number of hydrogen-bond acceptors (Lipinski definition) is 7. The lowest BCUT2D eigenvalue weighted by Crippen LogP contribution is -2.57. The molecule has 3 heterocycles. The average Bonchev–Trinajstić information content (AvgIpc) is 2.83. The molecule has 2 aromatic carbocycles. The van der Waals surface area contributed by atoms with Gasteiger partial charge in [-0.25, -0.2) is 9.97 Å². The van der Waals surface area contributed by atoms with Crippen LogP contribution in [0, 0.1) is 5.92 Å². The molecule has 0 spiro atoms. The summed E-state index contributed by atoms with van der Waals surface area (Å²) in [6.45, 7) is 8.62. The van der Waals surface area contributed by atoms with Crippen LogP contribution in [0.15, 0.2) is 48.5 Å². The lowest BCUT2D eigenvalue weighted by molar-refractivity contribution is -0.123. The predicted molar refractivity (Wildman–Crippen MR) is 132 cm³/mol. The van der Waals surface area contributed by atoms with Crippen LogP contribution in [-0.2, 0) is 17.9 Å². The van der Waals surface area contributed by atoms with Gasteiger partial charge in [-0.15, -0.1) is 0 Å². The van der Waals surface area contributed by atoms with Gasteiger partial charge in [0.2, 0.25) is 5.91 Å². The molecular weight excluding hydrogens is 428 g/mol. The molecule has 2 aliphatic heterocycles. The van der Waals surface area contributed by atoms with Crippen LogP contribution in [-0.4, -0.2) is 69.0 Å². The standard InChI is InChI=1S/C26H32N6O2/c1-17(2)24-26(34)27-13-19-15-31(14-18-6-5-7-20(33)12-18)10-11-32(19)16-23-28-22-9-4-3-8-21(22)25(29-23)30-24/h3-9,12,17,19,24,33H,10-11,13-16H2,1-2H3,(H,27,34)(H,28,29,30)/t19?,24-/m0/s1. The fourth-order valence-corrected chi connectivity index (χ4v) is 4.91. The van der Waals surface area contributed by atoms with Gasteiger partial charge in [0.15, 0.2) is 0 Å². The molecule has 0 aliphatic carbocycles. The summed E-state index contributed by atoms with van der Waals surface area (Å²) in [6, 6.07) is 15.1. The Balaban J connectivity index is 1.44. The number of phenols is 1. The van der Waals surface area contributed by atoms with E-state index in [9.17, 15) is 9.90 Å². The van der Waals surface area contributed by atoms with E-state index in [-0.39, 0.29) is 29.7 Å². The van der Waals surface area contributed by atoms with Crippen molar-refractivity contribution in [1.29, 1.82) is 0 Å². The fraction of sp³-hybridized carbons (Fsp3) is 0.423. The summed E-state index contributed by atoms with van der Waals surface area (Å²) >= 11 is 0. The largest absolute Gasteiger partial charge is 0.508 e. The number of piperazine rings is 1. The number of aromatic hydroxyl groups is 1. The highest BCUT2D eigenvalue weighted by Crippen LogP contribution is 2.25. The van der Waals surface area contributed by atoms with Crippen molar-refractivity contribution in [1.82, 2.24) is 25.1 Å². The van der Waals surface area contributed by atoms with E-state index in [2.05, 4.69) is 20.4 Å². The number of fused-ring (bicyclic) bond motifs is 5. The second kappa shape index (κ2) is 9.56. The summed E-state index contributed by atoms with van der Waals surface area (Å²) in [4.78, 5) is 27.7. The van der Waals surface area contributed by atoms with Gasteiger partial charge in [0.1, 0.15) is 23.4 Å². The zero-order valence-electron chi connectivity index (χ0n) is 19.7. The molecule has 34 heavy (non-hydrogen) atoms. The minimum absolute atomic E-state index is 0.00815. The van der Waals surface area contributed by atoms with Crippen LogP contribution in [0.25, 0.3) is 10.9 Å². The van der Waals surface area contributed by atoms with Crippen molar-refractivity contribution >= 4 is 22.6 Å². The Hall–Kier alpha value is -3.23. The molecule has 2 aliphatic rings. The van der Waals surface area contributed by atoms with Gasteiger partial charge in [0.05, 0.1) is 12.1 Å². The van der Waals surface area contributed by atoms with Crippen LogP contribution >= 0.6 is 0 Å². The minimum atomic E-state index is -0.385. The zero-order valence-corrected chi connectivity index (χ0v) is 19.7. The Bertz CT molecular complexity index is 1180. The van der Waals surface area contributed by atoms with Gasteiger partial charge < -0.3 is 15.7 Å². The maximum Gasteiger partial charge on any atom is 0.242 e. The molecule has 1 fully saturated rings. The molecule has 2 bridgehead atoms. The van der Waals surface area contributed by atoms with E-state index < -0.39 is 0 Å². The van der Waals surface area contributed by atoms with Crippen molar-refractivity contribution in [3.8, 4) is 5.75 Å². The minimum Gasteiger partial charge on any atom is -0.508 e.